The highest BCUT2D eigenvalue weighted by molar-refractivity contribution is 6.67. The van der Waals surface area contributed by atoms with Gasteiger partial charge in [0.05, 0.1) is 23.3 Å². The standard InChI is InChI=1S/C30H26O7.C27H19ClO5/c1-21(31)3-4-22-7-12-26(13-8-22)30(34)37-27-16-14-24(15-17-27)28(32)18-9-23-5-10-25(11-6-23)29(33)36-20-19-35-2;1-18(29)2-3-19-6-11-23(12-7-19)27(32)33-24-15-13-21(14-16-24)25(30)17-8-20-4-9-22(10-5-20)26(28)31/h3-18H,19-20H2,1-2H3;2-17H,1H3/b4-3+,18-9+;. The number of ether oxygens (including phenoxy) is 4. The van der Waals surface area contributed by atoms with Gasteiger partial charge < -0.3 is 18.9 Å². The molecule has 0 fully saturated rings. The summed E-state index contributed by atoms with van der Waals surface area (Å²) < 4.78 is 20.6. The van der Waals surface area contributed by atoms with E-state index in [0.717, 1.165) is 22.3 Å². The van der Waals surface area contributed by atoms with Gasteiger partial charge in [0.25, 0.3) is 5.24 Å². The minimum absolute atomic E-state index is 0.0606. The third kappa shape index (κ3) is 17.2. The number of ketones is 4. The molecule has 0 radical (unpaired) electrons. The number of hydrogen-bond donors (Lipinski definition) is 0. The molecular weight excluding hydrogens is 912 g/mol. The van der Waals surface area contributed by atoms with Gasteiger partial charge in [0.2, 0.25) is 0 Å². The number of rotatable bonds is 19. The minimum Gasteiger partial charge on any atom is -0.460 e. The van der Waals surface area contributed by atoms with Gasteiger partial charge in [-0.05, 0) is 169 Å². The zero-order chi connectivity index (χ0) is 50.4. The van der Waals surface area contributed by atoms with Crippen LogP contribution in [0.15, 0.2) is 170 Å². The third-order valence-electron chi connectivity index (χ3n) is 9.67. The summed E-state index contributed by atoms with van der Waals surface area (Å²) in [5.41, 5.74) is 5.44. The van der Waals surface area contributed by atoms with Crippen LogP contribution in [0, 0.1) is 0 Å². The minimum atomic E-state index is -0.541. The molecule has 0 N–H and O–H groups in total. The molecule has 6 aromatic rings. The fourth-order valence-corrected chi connectivity index (χ4v) is 6.01. The first-order chi connectivity index (χ1) is 33.7. The maximum absolute atomic E-state index is 12.5. The second kappa shape index (κ2) is 26.6. The molecule has 13 heteroatoms. The quantitative estimate of drug-likeness (QED) is 0.0188. The number of benzene rings is 6. The summed E-state index contributed by atoms with van der Waals surface area (Å²) in [6, 6.07) is 39.0. The Hall–Kier alpha value is -8.71. The summed E-state index contributed by atoms with van der Waals surface area (Å²) in [5, 5.41) is -0.541. The van der Waals surface area contributed by atoms with Crippen LogP contribution in [0.5, 0.6) is 11.5 Å². The van der Waals surface area contributed by atoms with Gasteiger partial charge >= 0.3 is 17.9 Å². The van der Waals surface area contributed by atoms with Crippen molar-refractivity contribution in [1.82, 2.24) is 0 Å². The van der Waals surface area contributed by atoms with Gasteiger partial charge in [-0.2, -0.15) is 0 Å². The molecule has 0 aliphatic rings. The number of carbonyl (C=O) groups excluding carboxylic acids is 8. The van der Waals surface area contributed by atoms with Crippen molar-refractivity contribution in [3.05, 3.63) is 226 Å². The molecule has 0 heterocycles. The molecule has 0 bridgehead atoms. The number of hydrogen-bond acceptors (Lipinski definition) is 12. The van der Waals surface area contributed by atoms with Crippen LogP contribution in [0.25, 0.3) is 24.3 Å². The van der Waals surface area contributed by atoms with Crippen LogP contribution < -0.4 is 9.47 Å². The van der Waals surface area contributed by atoms with E-state index in [1.165, 1.54) is 45.3 Å². The lowest BCUT2D eigenvalue weighted by atomic mass is 10.1. The maximum atomic E-state index is 12.5. The number of methoxy groups -OCH3 is 1. The number of esters is 3. The Morgan fingerprint density at radius 1 is 0.386 bits per heavy atom. The van der Waals surface area contributed by atoms with Gasteiger partial charge in [-0.15, -0.1) is 0 Å². The Bertz CT molecular complexity index is 2940. The van der Waals surface area contributed by atoms with Crippen molar-refractivity contribution in [2.24, 2.45) is 0 Å². The second-order valence-corrected chi connectivity index (χ2v) is 15.3. The van der Waals surface area contributed by atoms with E-state index in [-0.39, 0.29) is 29.7 Å². The van der Waals surface area contributed by atoms with E-state index in [1.807, 2.05) is 0 Å². The van der Waals surface area contributed by atoms with Gasteiger partial charge in [-0.25, -0.2) is 14.4 Å². The molecule has 0 atom stereocenters. The van der Waals surface area contributed by atoms with Crippen LogP contribution in [-0.2, 0) is 19.1 Å². The van der Waals surface area contributed by atoms with Crippen molar-refractivity contribution in [2.45, 2.75) is 13.8 Å². The van der Waals surface area contributed by atoms with Crippen LogP contribution in [0.3, 0.4) is 0 Å². The Kier molecular flexibility index (Phi) is 19.8. The molecule has 0 spiro atoms. The molecule has 0 unspecified atom stereocenters. The molecule has 0 saturated carbocycles. The van der Waals surface area contributed by atoms with Gasteiger partial charge in [0.15, 0.2) is 23.1 Å². The van der Waals surface area contributed by atoms with Crippen LogP contribution in [-0.4, -0.2) is 66.6 Å². The molecule has 6 aromatic carbocycles. The van der Waals surface area contributed by atoms with E-state index in [4.69, 9.17) is 30.5 Å². The summed E-state index contributed by atoms with van der Waals surface area (Å²) in [5.74, 6) is -1.47. The SMILES string of the molecule is CC(=O)C=Cc1ccc(C(=O)Oc2ccc(C(=O)C=Cc3ccc(C(=O)Cl)cc3)cc2)cc1.COCCOC(=O)c1ccc(/C=C/C(=O)c2ccc(OC(=O)c3ccc(/C=C/C(C)=O)cc3)cc2)cc1. The predicted octanol–water partition coefficient (Wildman–Crippen LogP) is 11.0. The van der Waals surface area contributed by atoms with Crippen molar-refractivity contribution in [2.75, 3.05) is 20.3 Å². The molecule has 0 amide bonds. The first-order valence-electron chi connectivity index (χ1n) is 21.4. The van der Waals surface area contributed by atoms with Gasteiger partial charge in [0.1, 0.15) is 18.1 Å². The predicted molar refractivity (Wildman–Crippen MR) is 267 cm³/mol. The zero-order valence-electron chi connectivity index (χ0n) is 38.2. The maximum Gasteiger partial charge on any atom is 0.343 e. The normalized spacial score (nSPS) is 11.0. The molecular formula is C57H45ClO12. The Balaban J connectivity index is 0.000000262. The zero-order valence-corrected chi connectivity index (χ0v) is 38.9. The summed E-state index contributed by atoms with van der Waals surface area (Å²) in [6.07, 6.45) is 12.3. The van der Waals surface area contributed by atoms with Crippen LogP contribution in [0.2, 0.25) is 0 Å². The van der Waals surface area contributed by atoms with E-state index < -0.39 is 23.2 Å². The molecule has 0 aromatic heterocycles. The smallest absolute Gasteiger partial charge is 0.343 e. The lowest BCUT2D eigenvalue weighted by molar-refractivity contribution is -0.113. The van der Waals surface area contributed by atoms with Crippen LogP contribution >= 0.6 is 11.6 Å². The van der Waals surface area contributed by atoms with E-state index in [2.05, 4.69) is 0 Å². The van der Waals surface area contributed by atoms with Gasteiger partial charge in [-0.1, -0.05) is 72.8 Å². The monoisotopic (exact) mass is 956 g/mol. The van der Waals surface area contributed by atoms with E-state index in [0.29, 0.717) is 51.5 Å². The lowest BCUT2D eigenvalue weighted by Crippen LogP contribution is -2.09. The van der Waals surface area contributed by atoms with Gasteiger partial charge in [-0.3, -0.25) is 24.0 Å². The molecule has 70 heavy (non-hydrogen) atoms. The fraction of sp³-hybridized carbons (Fsp3) is 0.0877. The van der Waals surface area contributed by atoms with Crippen molar-refractivity contribution in [3.8, 4) is 11.5 Å². The Morgan fingerprint density at radius 2 is 0.686 bits per heavy atom. The summed E-state index contributed by atoms with van der Waals surface area (Å²) >= 11 is 5.41. The average molecular weight is 957 g/mol. The topological polar surface area (TPSA) is 173 Å². The van der Waals surface area contributed by atoms with Crippen LogP contribution in [0.1, 0.15) is 98.2 Å². The highest BCUT2D eigenvalue weighted by Gasteiger charge is 2.12. The summed E-state index contributed by atoms with van der Waals surface area (Å²) in [4.78, 5) is 94.7. The summed E-state index contributed by atoms with van der Waals surface area (Å²) in [6.45, 7) is 3.43. The van der Waals surface area contributed by atoms with Crippen molar-refractivity contribution in [1.29, 1.82) is 0 Å². The number of carbonyl (C=O) groups is 8. The van der Waals surface area contributed by atoms with Crippen molar-refractivity contribution in [3.63, 3.8) is 0 Å². The van der Waals surface area contributed by atoms with Crippen molar-refractivity contribution < 1.29 is 57.3 Å². The number of halogens is 1. The molecule has 0 aliphatic heterocycles. The van der Waals surface area contributed by atoms with E-state index in [1.54, 1.807) is 170 Å². The molecule has 0 aliphatic carbocycles. The highest BCUT2D eigenvalue weighted by Crippen LogP contribution is 2.19. The average Bonchev–Trinajstić information content (AvgIpc) is 3.37. The van der Waals surface area contributed by atoms with E-state index in [9.17, 15) is 38.4 Å². The molecule has 0 saturated heterocycles. The molecule has 12 nitrogen and oxygen atoms in total. The van der Waals surface area contributed by atoms with Crippen LogP contribution in [0.4, 0.5) is 0 Å². The second-order valence-electron chi connectivity index (χ2n) is 15.0. The first kappa shape index (κ1) is 52.3. The number of allylic oxidation sites excluding steroid dienone is 4. The molecule has 352 valence electrons. The van der Waals surface area contributed by atoms with Gasteiger partial charge in [0, 0.05) is 23.8 Å². The van der Waals surface area contributed by atoms with E-state index >= 15 is 0 Å². The fourth-order valence-electron chi connectivity index (χ4n) is 5.89. The first-order valence-corrected chi connectivity index (χ1v) is 21.8. The Morgan fingerprint density at radius 3 is 1.00 bits per heavy atom. The highest BCUT2D eigenvalue weighted by atomic mass is 35.5. The lowest BCUT2D eigenvalue weighted by Gasteiger charge is -2.05. The Labute approximate surface area is 409 Å². The van der Waals surface area contributed by atoms with Crippen molar-refractivity contribution >= 4 is 82.2 Å². The summed E-state index contributed by atoms with van der Waals surface area (Å²) in [7, 11) is 1.53. The third-order valence-corrected chi connectivity index (χ3v) is 9.89. The molecule has 6 rings (SSSR count). The largest absolute Gasteiger partial charge is 0.460 e.